The van der Waals surface area contributed by atoms with Gasteiger partial charge in [0.25, 0.3) is 10.2 Å². The summed E-state index contributed by atoms with van der Waals surface area (Å²) in [5, 5.41) is 11.3. The lowest BCUT2D eigenvalue weighted by atomic mass is 10.0. The van der Waals surface area contributed by atoms with Crippen molar-refractivity contribution in [2.45, 2.75) is 25.8 Å². The van der Waals surface area contributed by atoms with Crippen LogP contribution in [0.5, 0.6) is 0 Å². The first kappa shape index (κ1) is 15.9. The SMILES string of the molecule is CNC(=O)C(C)NS(=O)(=O)N1CCCC(C(=O)O)C1. The first-order valence-electron chi connectivity index (χ1n) is 5.99. The Hall–Kier alpha value is -1.19. The van der Waals surface area contributed by atoms with Crippen molar-refractivity contribution in [1.29, 1.82) is 0 Å². The van der Waals surface area contributed by atoms with Crippen molar-refractivity contribution in [3.05, 3.63) is 0 Å². The van der Waals surface area contributed by atoms with Gasteiger partial charge in [-0.1, -0.05) is 0 Å². The van der Waals surface area contributed by atoms with Crippen LogP contribution in [0.4, 0.5) is 0 Å². The van der Waals surface area contributed by atoms with E-state index in [4.69, 9.17) is 5.11 Å². The minimum atomic E-state index is -3.84. The van der Waals surface area contributed by atoms with Gasteiger partial charge in [-0.15, -0.1) is 0 Å². The normalized spacial score (nSPS) is 22.7. The molecule has 8 nitrogen and oxygen atoms in total. The van der Waals surface area contributed by atoms with Crippen LogP contribution in [0.15, 0.2) is 0 Å². The van der Waals surface area contributed by atoms with Crippen molar-refractivity contribution in [2.75, 3.05) is 20.1 Å². The molecule has 0 bridgehead atoms. The molecule has 1 rings (SSSR count). The van der Waals surface area contributed by atoms with E-state index in [1.165, 1.54) is 14.0 Å². The summed E-state index contributed by atoms with van der Waals surface area (Å²) in [6, 6.07) is -0.903. The van der Waals surface area contributed by atoms with Crippen LogP contribution in [0.25, 0.3) is 0 Å². The molecule has 19 heavy (non-hydrogen) atoms. The largest absolute Gasteiger partial charge is 0.481 e. The first-order valence-corrected chi connectivity index (χ1v) is 7.43. The lowest BCUT2D eigenvalue weighted by Crippen LogP contribution is -2.52. The number of carboxylic acid groups (broad SMARTS) is 1. The van der Waals surface area contributed by atoms with Gasteiger partial charge in [0.2, 0.25) is 5.91 Å². The lowest BCUT2D eigenvalue weighted by Gasteiger charge is -2.30. The van der Waals surface area contributed by atoms with Crippen LogP contribution in [0.2, 0.25) is 0 Å². The summed E-state index contributed by atoms with van der Waals surface area (Å²) < 4.78 is 27.4. The highest BCUT2D eigenvalue weighted by Crippen LogP contribution is 2.18. The van der Waals surface area contributed by atoms with Crippen molar-refractivity contribution < 1.29 is 23.1 Å². The molecule has 0 aliphatic carbocycles. The fraction of sp³-hybridized carbons (Fsp3) is 0.800. The second-order valence-electron chi connectivity index (χ2n) is 4.49. The van der Waals surface area contributed by atoms with E-state index in [0.717, 1.165) is 4.31 Å². The average Bonchev–Trinajstić information content (AvgIpc) is 2.37. The molecule has 3 N–H and O–H groups in total. The molecule has 110 valence electrons. The number of nitrogens with one attached hydrogen (secondary N) is 2. The molecule has 0 spiro atoms. The standard InChI is InChI=1S/C10H19N3O5S/c1-7(9(14)11-2)12-19(17,18)13-5-3-4-8(6-13)10(15)16/h7-8,12H,3-6H2,1-2H3,(H,11,14)(H,15,16). The Kier molecular flexibility index (Phi) is 5.27. The number of amides is 1. The molecule has 0 aromatic rings. The van der Waals surface area contributed by atoms with E-state index < -0.39 is 34.0 Å². The Bertz CT molecular complexity index is 450. The summed E-state index contributed by atoms with van der Waals surface area (Å²) in [4.78, 5) is 22.2. The third kappa shape index (κ3) is 4.15. The van der Waals surface area contributed by atoms with Crippen molar-refractivity contribution in [3.63, 3.8) is 0 Å². The average molecular weight is 293 g/mol. The molecule has 1 fully saturated rings. The summed E-state index contributed by atoms with van der Waals surface area (Å²) in [6.45, 7) is 1.62. The predicted molar refractivity (Wildman–Crippen MR) is 67.5 cm³/mol. The number of piperidine rings is 1. The molecular weight excluding hydrogens is 274 g/mol. The summed E-state index contributed by atoms with van der Waals surface area (Å²) in [7, 11) is -2.43. The monoisotopic (exact) mass is 293 g/mol. The predicted octanol–water partition coefficient (Wildman–Crippen LogP) is -1.25. The molecule has 1 heterocycles. The van der Waals surface area contributed by atoms with Gasteiger partial charge in [0.1, 0.15) is 0 Å². The maximum absolute atomic E-state index is 12.0. The topological polar surface area (TPSA) is 116 Å². The van der Waals surface area contributed by atoms with Gasteiger partial charge in [-0.05, 0) is 19.8 Å². The van der Waals surface area contributed by atoms with E-state index in [2.05, 4.69) is 10.0 Å². The molecule has 2 unspecified atom stereocenters. The third-order valence-electron chi connectivity index (χ3n) is 3.04. The van der Waals surface area contributed by atoms with E-state index in [1.807, 2.05) is 0 Å². The highest BCUT2D eigenvalue weighted by molar-refractivity contribution is 7.87. The number of rotatable bonds is 5. The number of hydrogen-bond donors (Lipinski definition) is 3. The van der Waals surface area contributed by atoms with Gasteiger partial charge in [0.05, 0.1) is 12.0 Å². The lowest BCUT2D eigenvalue weighted by molar-refractivity contribution is -0.142. The molecule has 0 aromatic carbocycles. The van der Waals surface area contributed by atoms with Crippen LogP contribution in [0.3, 0.4) is 0 Å². The zero-order chi connectivity index (χ0) is 14.6. The fourth-order valence-corrected chi connectivity index (χ4v) is 3.38. The molecule has 1 saturated heterocycles. The number of carbonyl (C=O) groups excluding carboxylic acids is 1. The number of nitrogens with zero attached hydrogens (tertiary/aromatic N) is 1. The molecule has 0 saturated carbocycles. The number of carboxylic acids is 1. The Morgan fingerprint density at radius 2 is 2.05 bits per heavy atom. The van der Waals surface area contributed by atoms with Gasteiger partial charge in [-0.2, -0.15) is 17.4 Å². The van der Waals surface area contributed by atoms with E-state index in [0.29, 0.717) is 12.8 Å². The summed E-state index contributed by atoms with van der Waals surface area (Å²) in [5.74, 6) is -2.14. The highest BCUT2D eigenvalue weighted by atomic mass is 32.2. The molecule has 0 aromatic heterocycles. The van der Waals surface area contributed by atoms with E-state index in [-0.39, 0.29) is 13.1 Å². The second kappa shape index (κ2) is 6.31. The zero-order valence-electron chi connectivity index (χ0n) is 10.9. The van der Waals surface area contributed by atoms with Gasteiger partial charge in [-0.25, -0.2) is 0 Å². The van der Waals surface area contributed by atoms with Crippen LogP contribution in [0.1, 0.15) is 19.8 Å². The smallest absolute Gasteiger partial charge is 0.307 e. The summed E-state index contributed by atoms with van der Waals surface area (Å²) in [5.41, 5.74) is 0. The van der Waals surface area contributed by atoms with Crippen LogP contribution in [-0.2, 0) is 19.8 Å². The van der Waals surface area contributed by atoms with Crippen molar-refractivity contribution in [1.82, 2.24) is 14.3 Å². The van der Waals surface area contributed by atoms with Gasteiger partial charge >= 0.3 is 5.97 Å². The fourth-order valence-electron chi connectivity index (χ4n) is 1.93. The van der Waals surface area contributed by atoms with E-state index >= 15 is 0 Å². The van der Waals surface area contributed by atoms with E-state index in [9.17, 15) is 18.0 Å². The number of aliphatic carboxylic acids is 1. The number of hydrogen-bond acceptors (Lipinski definition) is 4. The Morgan fingerprint density at radius 1 is 1.42 bits per heavy atom. The van der Waals surface area contributed by atoms with Crippen molar-refractivity contribution in [2.24, 2.45) is 5.92 Å². The van der Waals surface area contributed by atoms with Gasteiger partial charge in [0, 0.05) is 20.1 Å². The molecule has 2 atom stereocenters. The maximum atomic E-state index is 12.0. The molecule has 1 aliphatic heterocycles. The first-order chi connectivity index (χ1) is 8.77. The Morgan fingerprint density at radius 3 is 2.58 bits per heavy atom. The van der Waals surface area contributed by atoms with Gasteiger partial charge in [-0.3, -0.25) is 9.59 Å². The maximum Gasteiger partial charge on any atom is 0.307 e. The second-order valence-corrected chi connectivity index (χ2v) is 6.20. The quantitative estimate of drug-likeness (QED) is 0.586. The minimum Gasteiger partial charge on any atom is -0.481 e. The summed E-state index contributed by atoms with van der Waals surface area (Å²) in [6.07, 6.45) is 0.957. The van der Waals surface area contributed by atoms with Gasteiger partial charge < -0.3 is 10.4 Å². The molecule has 9 heteroatoms. The van der Waals surface area contributed by atoms with Crippen molar-refractivity contribution >= 4 is 22.1 Å². The third-order valence-corrected chi connectivity index (χ3v) is 4.70. The molecule has 1 aliphatic rings. The van der Waals surface area contributed by atoms with E-state index in [1.54, 1.807) is 0 Å². The number of likely N-dealkylation sites (N-methyl/N-ethyl adjacent to an activating group) is 1. The minimum absolute atomic E-state index is 0.0644. The highest BCUT2D eigenvalue weighted by Gasteiger charge is 2.33. The molecule has 1 amide bonds. The van der Waals surface area contributed by atoms with Crippen LogP contribution in [-0.4, -0.2) is 55.9 Å². The zero-order valence-corrected chi connectivity index (χ0v) is 11.7. The Balaban J connectivity index is 2.71. The van der Waals surface area contributed by atoms with Crippen molar-refractivity contribution in [3.8, 4) is 0 Å². The van der Waals surface area contributed by atoms with Gasteiger partial charge in [0.15, 0.2) is 0 Å². The molecular formula is C10H19N3O5S. The molecule has 0 radical (unpaired) electrons. The van der Waals surface area contributed by atoms with Crippen LogP contribution >= 0.6 is 0 Å². The summed E-state index contributed by atoms with van der Waals surface area (Å²) >= 11 is 0. The Labute approximate surface area is 112 Å². The van der Waals surface area contributed by atoms with Crippen LogP contribution < -0.4 is 10.0 Å². The number of carbonyl (C=O) groups is 2. The van der Waals surface area contributed by atoms with Crippen LogP contribution in [0, 0.1) is 5.92 Å².